The van der Waals surface area contributed by atoms with Gasteiger partial charge in [-0.05, 0) is 43.9 Å². The molecule has 0 spiro atoms. The van der Waals surface area contributed by atoms with E-state index in [1.54, 1.807) is 0 Å². The van der Waals surface area contributed by atoms with Crippen LogP contribution in [0.3, 0.4) is 0 Å². The molecule has 1 aromatic carbocycles. The van der Waals surface area contributed by atoms with Crippen LogP contribution in [0.15, 0.2) is 42.6 Å². The number of H-pyrrole nitrogens is 1. The lowest BCUT2D eigenvalue weighted by atomic mass is 9.53. The quantitative estimate of drug-likeness (QED) is 0.461. The standard InChI is InChI=1S/C26H30N8O/c1-16-10-20(33-9-8-19(11-33)18-6-4-3-5-7-18)12-34-23(16)29-24(32-34)26-13-25(14-27,15-35-26)21(26)22-28-17(2)30-31-22/h3-7,10,12,19,21H,8-9,11,13-15,27H2,1-2H3,(H,28,30,31). The minimum Gasteiger partial charge on any atom is -0.370 e. The molecule has 35 heavy (non-hydrogen) atoms. The van der Waals surface area contributed by atoms with Crippen molar-refractivity contribution in [1.82, 2.24) is 29.8 Å². The van der Waals surface area contributed by atoms with Crippen molar-refractivity contribution in [3.8, 4) is 0 Å². The minimum atomic E-state index is -0.626. The second-order valence-corrected chi connectivity index (χ2v) is 10.6. The Hall–Kier alpha value is -3.30. The Bertz CT molecular complexity index is 1410. The number of nitrogens with two attached hydrogens (primary N) is 1. The Balaban J connectivity index is 1.23. The lowest BCUT2D eigenvalue weighted by molar-refractivity contribution is -0.0555. The molecule has 9 heteroatoms. The molecule has 1 aliphatic carbocycles. The highest BCUT2D eigenvalue weighted by molar-refractivity contribution is 5.58. The summed E-state index contributed by atoms with van der Waals surface area (Å²) in [5, 5.41) is 12.4. The molecule has 1 saturated carbocycles. The van der Waals surface area contributed by atoms with Gasteiger partial charge >= 0.3 is 0 Å². The second-order valence-electron chi connectivity index (χ2n) is 10.6. The highest BCUT2D eigenvalue weighted by Gasteiger charge is 2.74. The average molecular weight is 471 g/mol. The Labute approximate surface area is 203 Å². The van der Waals surface area contributed by atoms with Crippen molar-refractivity contribution in [2.75, 3.05) is 31.1 Å². The van der Waals surface area contributed by atoms with Crippen LogP contribution < -0.4 is 10.6 Å². The van der Waals surface area contributed by atoms with Crippen LogP contribution in [0.2, 0.25) is 0 Å². The molecule has 2 bridgehead atoms. The topological polar surface area (TPSA) is 110 Å². The number of pyridine rings is 1. The van der Waals surface area contributed by atoms with Crippen LogP contribution in [-0.4, -0.2) is 56.0 Å². The predicted octanol–water partition coefficient (Wildman–Crippen LogP) is 2.82. The van der Waals surface area contributed by atoms with Gasteiger partial charge in [0.05, 0.1) is 24.4 Å². The average Bonchev–Trinajstić information content (AvgIpc) is 3.66. The van der Waals surface area contributed by atoms with E-state index in [1.807, 2.05) is 11.4 Å². The monoisotopic (exact) mass is 470 g/mol. The zero-order valence-corrected chi connectivity index (χ0v) is 20.1. The number of fused-ring (bicyclic) bond motifs is 2. The molecule has 6 heterocycles. The zero-order chi connectivity index (χ0) is 23.8. The molecule has 180 valence electrons. The normalized spacial score (nSPS) is 29.7. The van der Waals surface area contributed by atoms with Gasteiger partial charge < -0.3 is 15.4 Å². The summed E-state index contributed by atoms with van der Waals surface area (Å²) in [6.07, 6.45) is 4.06. The van der Waals surface area contributed by atoms with Crippen LogP contribution in [0.5, 0.6) is 0 Å². The van der Waals surface area contributed by atoms with E-state index < -0.39 is 5.60 Å². The summed E-state index contributed by atoms with van der Waals surface area (Å²) in [4.78, 5) is 12.1. The van der Waals surface area contributed by atoms with Crippen molar-refractivity contribution < 1.29 is 4.74 Å². The van der Waals surface area contributed by atoms with E-state index in [4.69, 9.17) is 20.6 Å². The first-order valence-electron chi connectivity index (χ1n) is 12.4. The van der Waals surface area contributed by atoms with Crippen LogP contribution in [0.25, 0.3) is 5.65 Å². The summed E-state index contributed by atoms with van der Waals surface area (Å²) < 4.78 is 8.34. The third-order valence-electron chi connectivity index (χ3n) is 8.40. The van der Waals surface area contributed by atoms with E-state index in [1.165, 1.54) is 11.3 Å². The molecule has 3 saturated heterocycles. The number of nitrogens with one attached hydrogen (secondary N) is 1. The van der Waals surface area contributed by atoms with Crippen LogP contribution in [0, 0.1) is 19.3 Å². The van der Waals surface area contributed by atoms with Gasteiger partial charge in [0, 0.05) is 31.0 Å². The van der Waals surface area contributed by atoms with Crippen molar-refractivity contribution in [3.05, 3.63) is 71.2 Å². The Morgan fingerprint density at radius 2 is 2.06 bits per heavy atom. The lowest BCUT2D eigenvalue weighted by Crippen LogP contribution is -2.55. The Kier molecular flexibility index (Phi) is 4.41. The molecular formula is C26H30N8O. The molecule has 4 aromatic rings. The highest BCUT2D eigenvalue weighted by atomic mass is 16.5. The molecule has 0 radical (unpaired) electrons. The van der Waals surface area contributed by atoms with Gasteiger partial charge in [0.1, 0.15) is 11.4 Å². The van der Waals surface area contributed by atoms with E-state index in [0.717, 1.165) is 48.8 Å². The molecule has 8 rings (SSSR count). The fourth-order valence-corrected chi connectivity index (χ4v) is 6.60. The summed E-state index contributed by atoms with van der Waals surface area (Å²) in [5.41, 5.74) is 10.00. The fraction of sp³-hybridized carbons (Fsp3) is 0.462. The zero-order valence-electron chi connectivity index (χ0n) is 20.1. The molecule has 0 amide bonds. The number of aryl methyl sites for hydroxylation is 2. The number of rotatable bonds is 5. The first-order chi connectivity index (χ1) is 17.0. The number of ether oxygens (including phenoxy) is 1. The molecule has 3 aromatic heterocycles. The van der Waals surface area contributed by atoms with Gasteiger partial charge in [-0.1, -0.05) is 30.3 Å². The molecule has 9 nitrogen and oxygen atoms in total. The van der Waals surface area contributed by atoms with E-state index >= 15 is 0 Å². The van der Waals surface area contributed by atoms with Gasteiger partial charge in [0.15, 0.2) is 17.3 Å². The van der Waals surface area contributed by atoms with Crippen molar-refractivity contribution in [3.63, 3.8) is 0 Å². The maximum atomic E-state index is 6.41. The van der Waals surface area contributed by atoms with Gasteiger partial charge in [0.25, 0.3) is 0 Å². The molecule has 4 atom stereocenters. The van der Waals surface area contributed by atoms with Gasteiger partial charge in [-0.25, -0.2) is 14.5 Å². The van der Waals surface area contributed by atoms with E-state index in [0.29, 0.717) is 24.9 Å². The Morgan fingerprint density at radius 1 is 1.20 bits per heavy atom. The predicted molar refractivity (Wildman–Crippen MR) is 131 cm³/mol. The van der Waals surface area contributed by atoms with E-state index in [-0.39, 0.29) is 11.3 Å². The lowest BCUT2D eigenvalue weighted by Gasteiger charge is -2.49. The van der Waals surface area contributed by atoms with Crippen LogP contribution in [0.1, 0.15) is 53.3 Å². The van der Waals surface area contributed by atoms with Crippen molar-refractivity contribution in [2.45, 2.75) is 44.1 Å². The second kappa shape index (κ2) is 7.35. The van der Waals surface area contributed by atoms with E-state index in [9.17, 15) is 0 Å². The van der Waals surface area contributed by atoms with Gasteiger partial charge in [-0.3, -0.25) is 5.10 Å². The number of aromatic amines is 1. The van der Waals surface area contributed by atoms with Gasteiger partial charge in [-0.15, -0.1) is 5.10 Å². The van der Waals surface area contributed by atoms with Crippen LogP contribution >= 0.6 is 0 Å². The third-order valence-corrected chi connectivity index (χ3v) is 8.40. The smallest absolute Gasteiger partial charge is 0.184 e. The number of hydrogen-bond donors (Lipinski definition) is 2. The summed E-state index contributed by atoms with van der Waals surface area (Å²) in [7, 11) is 0. The van der Waals surface area contributed by atoms with Crippen molar-refractivity contribution in [2.24, 2.45) is 11.1 Å². The maximum absolute atomic E-state index is 6.41. The number of hydrogen-bond acceptors (Lipinski definition) is 7. The van der Waals surface area contributed by atoms with Crippen LogP contribution in [0.4, 0.5) is 5.69 Å². The summed E-state index contributed by atoms with van der Waals surface area (Å²) in [6.45, 7) is 7.17. The van der Waals surface area contributed by atoms with Crippen molar-refractivity contribution in [1.29, 1.82) is 0 Å². The third kappa shape index (κ3) is 2.94. The Morgan fingerprint density at radius 3 is 2.83 bits per heavy atom. The maximum Gasteiger partial charge on any atom is 0.184 e. The molecule has 4 fully saturated rings. The summed E-state index contributed by atoms with van der Waals surface area (Å²) in [6, 6.07) is 13.0. The minimum absolute atomic E-state index is 0.0487. The number of aromatic nitrogens is 6. The first kappa shape index (κ1) is 21.0. The van der Waals surface area contributed by atoms with Crippen molar-refractivity contribution >= 4 is 11.3 Å². The van der Waals surface area contributed by atoms with E-state index in [2.05, 4.69) is 69.6 Å². The molecular weight excluding hydrogens is 440 g/mol. The largest absolute Gasteiger partial charge is 0.370 e. The summed E-state index contributed by atoms with van der Waals surface area (Å²) in [5.74, 6) is 2.74. The number of benzene rings is 1. The van der Waals surface area contributed by atoms with Crippen LogP contribution in [-0.2, 0) is 10.3 Å². The highest BCUT2D eigenvalue weighted by Crippen LogP contribution is 2.69. The molecule has 3 aliphatic heterocycles. The van der Waals surface area contributed by atoms with Gasteiger partial charge in [-0.2, -0.15) is 5.10 Å². The first-order valence-corrected chi connectivity index (χ1v) is 12.4. The van der Waals surface area contributed by atoms with Gasteiger partial charge in [0.2, 0.25) is 0 Å². The fourth-order valence-electron chi connectivity index (χ4n) is 6.60. The molecule has 4 unspecified atom stereocenters. The molecule has 3 N–H and O–H groups in total. The summed E-state index contributed by atoms with van der Waals surface area (Å²) >= 11 is 0. The molecule has 4 aliphatic rings. The number of nitrogens with zero attached hydrogens (tertiary/aromatic N) is 6. The SMILES string of the molecule is Cc1nc(C2C3(CN)COC2(c2nc4c(C)cc(N5CCC(c6ccccc6)C5)cn4n2)C3)n[nH]1. The number of anilines is 1.